The normalized spacial score (nSPS) is 11.9. The first-order valence-electron chi connectivity index (χ1n) is 5.56. The molecule has 0 heterocycles. The average molecular weight is 206 g/mol. The lowest BCUT2D eigenvalue weighted by Crippen LogP contribution is -1.86. The number of ketones is 1. The summed E-state index contributed by atoms with van der Waals surface area (Å²) in [6.45, 7) is 8.19. The highest BCUT2D eigenvalue weighted by Gasteiger charge is 1.89. The van der Waals surface area contributed by atoms with E-state index in [9.17, 15) is 4.79 Å². The molecular formula is C14H22O. The molecule has 0 aliphatic rings. The summed E-state index contributed by atoms with van der Waals surface area (Å²) in [6, 6.07) is 0. The van der Waals surface area contributed by atoms with E-state index in [1.807, 2.05) is 19.1 Å². The van der Waals surface area contributed by atoms with Crippen LogP contribution in [0.5, 0.6) is 0 Å². The molecule has 0 radical (unpaired) electrons. The molecule has 0 atom stereocenters. The molecule has 0 aliphatic heterocycles. The van der Waals surface area contributed by atoms with Crippen LogP contribution in [0.3, 0.4) is 0 Å². The van der Waals surface area contributed by atoms with E-state index in [0.29, 0.717) is 6.42 Å². The van der Waals surface area contributed by atoms with E-state index in [-0.39, 0.29) is 5.78 Å². The predicted molar refractivity (Wildman–Crippen MR) is 66.9 cm³/mol. The minimum atomic E-state index is 0.184. The van der Waals surface area contributed by atoms with Gasteiger partial charge in [-0.3, -0.25) is 4.79 Å². The van der Waals surface area contributed by atoms with Gasteiger partial charge in [-0.1, -0.05) is 36.3 Å². The van der Waals surface area contributed by atoms with E-state index in [2.05, 4.69) is 26.8 Å². The van der Waals surface area contributed by atoms with Gasteiger partial charge in [0.25, 0.3) is 0 Å². The molecule has 0 spiro atoms. The first-order valence-corrected chi connectivity index (χ1v) is 5.56. The highest BCUT2D eigenvalue weighted by atomic mass is 16.1. The third-order valence-electron chi connectivity index (χ3n) is 2.10. The number of allylic oxidation sites excluding steroid dienone is 6. The molecule has 1 nitrogen and oxygen atoms in total. The molecule has 0 aliphatic carbocycles. The SMILES string of the molecule is CCC(=O)/C=C\C=C(/C)CCC=C(C)C. The van der Waals surface area contributed by atoms with Crippen molar-refractivity contribution in [3.8, 4) is 0 Å². The van der Waals surface area contributed by atoms with Gasteiger partial charge in [-0.25, -0.2) is 0 Å². The molecule has 0 aromatic heterocycles. The van der Waals surface area contributed by atoms with Gasteiger partial charge in [0, 0.05) is 6.42 Å². The summed E-state index contributed by atoms with van der Waals surface area (Å²) in [4.78, 5) is 11.0. The molecule has 0 saturated heterocycles. The maximum Gasteiger partial charge on any atom is 0.155 e. The summed E-state index contributed by atoms with van der Waals surface area (Å²) < 4.78 is 0. The fourth-order valence-electron chi connectivity index (χ4n) is 1.11. The van der Waals surface area contributed by atoms with E-state index in [1.165, 1.54) is 11.1 Å². The second-order valence-corrected chi connectivity index (χ2v) is 4.01. The fourth-order valence-corrected chi connectivity index (χ4v) is 1.11. The minimum absolute atomic E-state index is 0.184. The Balaban J connectivity index is 3.94. The monoisotopic (exact) mass is 206 g/mol. The van der Waals surface area contributed by atoms with Crippen LogP contribution >= 0.6 is 0 Å². The molecule has 0 fully saturated rings. The van der Waals surface area contributed by atoms with Crippen molar-refractivity contribution in [1.82, 2.24) is 0 Å². The summed E-state index contributed by atoms with van der Waals surface area (Å²) in [5.74, 6) is 0.184. The summed E-state index contributed by atoms with van der Waals surface area (Å²) in [6.07, 6.45) is 10.5. The van der Waals surface area contributed by atoms with E-state index < -0.39 is 0 Å². The average Bonchev–Trinajstić information content (AvgIpc) is 2.17. The van der Waals surface area contributed by atoms with Crippen LogP contribution in [0, 0.1) is 0 Å². The predicted octanol–water partition coefficient (Wildman–Crippen LogP) is 4.21. The zero-order valence-corrected chi connectivity index (χ0v) is 10.3. The molecule has 0 rings (SSSR count). The summed E-state index contributed by atoms with van der Waals surface area (Å²) >= 11 is 0. The lowest BCUT2D eigenvalue weighted by atomic mass is 10.1. The van der Waals surface area contributed by atoms with Gasteiger partial charge >= 0.3 is 0 Å². The Hall–Kier alpha value is -1.11. The maximum atomic E-state index is 11.0. The zero-order valence-electron chi connectivity index (χ0n) is 10.3. The molecule has 0 unspecified atom stereocenters. The van der Waals surface area contributed by atoms with Crippen molar-refractivity contribution in [2.75, 3.05) is 0 Å². The second kappa shape index (κ2) is 8.22. The lowest BCUT2D eigenvalue weighted by Gasteiger charge is -1.96. The van der Waals surface area contributed by atoms with Gasteiger partial charge in [0.15, 0.2) is 5.78 Å². The molecule has 0 bridgehead atoms. The van der Waals surface area contributed by atoms with Gasteiger partial charge in [-0.2, -0.15) is 0 Å². The topological polar surface area (TPSA) is 17.1 Å². The molecule has 15 heavy (non-hydrogen) atoms. The van der Waals surface area contributed by atoms with E-state index >= 15 is 0 Å². The largest absolute Gasteiger partial charge is 0.295 e. The van der Waals surface area contributed by atoms with Crippen molar-refractivity contribution >= 4 is 5.78 Å². The van der Waals surface area contributed by atoms with Crippen molar-refractivity contribution in [3.05, 3.63) is 35.5 Å². The molecule has 84 valence electrons. The summed E-state index contributed by atoms with van der Waals surface area (Å²) in [5.41, 5.74) is 2.67. The van der Waals surface area contributed by atoms with Crippen molar-refractivity contribution in [3.63, 3.8) is 0 Å². The van der Waals surface area contributed by atoms with Crippen LogP contribution in [-0.2, 0) is 4.79 Å². The highest BCUT2D eigenvalue weighted by Crippen LogP contribution is 2.06. The van der Waals surface area contributed by atoms with Crippen LogP contribution in [0.15, 0.2) is 35.5 Å². The maximum absolute atomic E-state index is 11.0. The first kappa shape index (κ1) is 13.9. The second-order valence-electron chi connectivity index (χ2n) is 4.01. The Morgan fingerprint density at radius 3 is 2.40 bits per heavy atom. The Morgan fingerprint density at radius 1 is 1.20 bits per heavy atom. The molecule has 0 amide bonds. The number of rotatable bonds is 6. The van der Waals surface area contributed by atoms with Crippen molar-refractivity contribution < 1.29 is 4.79 Å². The summed E-state index contributed by atoms with van der Waals surface area (Å²) in [7, 11) is 0. The van der Waals surface area contributed by atoms with Crippen LogP contribution in [-0.4, -0.2) is 5.78 Å². The standard InChI is InChI=1S/C14H22O/c1-5-14(15)11-7-10-13(4)9-6-8-12(2)3/h7-8,10-11H,5-6,9H2,1-4H3/b11-7-,13-10+. The Morgan fingerprint density at radius 2 is 1.87 bits per heavy atom. The van der Waals surface area contributed by atoms with E-state index in [0.717, 1.165) is 12.8 Å². The molecular weight excluding hydrogens is 184 g/mol. The summed E-state index contributed by atoms with van der Waals surface area (Å²) in [5, 5.41) is 0. The zero-order chi connectivity index (χ0) is 11.7. The highest BCUT2D eigenvalue weighted by molar-refractivity contribution is 5.89. The Bertz CT molecular complexity index is 276. The number of hydrogen-bond donors (Lipinski definition) is 0. The third-order valence-corrected chi connectivity index (χ3v) is 2.10. The molecule has 1 heteroatoms. The number of hydrogen-bond acceptors (Lipinski definition) is 1. The van der Waals surface area contributed by atoms with Crippen LogP contribution in [0.25, 0.3) is 0 Å². The van der Waals surface area contributed by atoms with Crippen molar-refractivity contribution in [2.24, 2.45) is 0 Å². The minimum Gasteiger partial charge on any atom is -0.295 e. The van der Waals surface area contributed by atoms with Gasteiger partial charge < -0.3 is 0 Å². The third kappa shape index (κ3) is 9.20. The molecule has 0 saturated carbocycles. The molecule has 0 aromatic carbocycles. The van der Waals surface area contributed by atoms with E-state index in [4.69, 9.17) is 0 Å². The number of carbonyl (C=O) groups excluding carboxylic acids is 1. The van der Waals surface area contributed by atoms with Gasteiger partial charge in [0.05, 0.1) is 0 Å². The van der Waals surface area contributed by atoms with Crippen molar-refractivity contribution in [2.45, 2.75) is 47.0 Å². The van der Waals surface area contributed by atoms with Gasteiger partial charge in [-0.15, -0.1) is 0 Å². The number of carbonyl (C=O) groups is 1. The van der Waals surface area contributed by atoms with Crippen LogP contribution in [0.1, 0.15) is 47.0 Å². The fraction of sp³-hybridized carbons (Fsp3) is 0.500. The Labute approximate surface area is 93.6 Å². The molecule has 0 aromatic rings. The van der Waals surface area contributed by atoms with Gasteiger partial charge in [0.1, 0.15) is 0 Å². The van der Waals surface area contributed by atoms with E-state index in [1.54, 1.807) is 6.08 Å². The van der Waals surface area contributed by atoms with Gasteiger partial charge in [-0.05, 0) is 39.7 Å². The quantitative estimate of drug-likeness (QED) is 0.361. The smallest absolute Gasteiger partial charge is 0.155 e. The van der Waals surface area contributed by atoms with Crippen LogP contribution in [0.4, 0.5) is 0 Å². The van der Waals surface area contributed by atoms with Gasteiger partial charge in [0.2, 0.25) is 0 Å². The van der Waals surface area contributed by atoms with Crippen molar-refractivity contribution in [1.29, 1.82) is 0 Å². The van der Waals surface area contributed by atoms with Crippen LogP contribution < -0.4 is 0 Å². The first-order chi connectivity index (χ1) is 7.06. The molecule has 0 N–H and O–H groups in total. The Kier molecular flexibility index (Phi) is 7.61. The van der Waals surface area contributed by atoms with Crippen LogP contribution in [0.2, 0.25) is 0 Å². The lowest BCUT2D eigenvalue weighted by molar-refractivity contribution is -0.114.